The number of benzene rings is 3. The van der Waals surface area contributed by atoms with E-state index < -0.39 is 0 Å². The molecule has 0 bridgehead atoms. The van der Waals surface area contributed by atoms with Crippen LogP contribution in [0.25, 0.3) is 22.0 Å². The van der Waals surface area contributed by atoms with Gasteiger partial charge in [0.15, 0.2) is 0 Å². The van der Waals surface area contributed by atoms with Crippen LogP contribution in [0.2, 0.25) is 0 Å². The van der Waals surface area contributed by atoms with Crippen molar-refractivity contribution in [2.75, 3.05) is 7.11 Å². The standard InChI is InChI=1S/C27H27N3O3S/c1-33-24-12-10-18-13-20(8-7-19(18)14-24)25-17-34-27(29-22-5-3-2-4-6-22)30(25)28-16-21-9-11-23(31)15-26(21)32/h7-17,22,31-32H,2-6H2,1H3. The van der Waals surface area contributed by atoms with Crippen molar-refractivity contribution in [3.8, 4) is 28.5 Å². The van der Waals surface area contributed by atoms with E-state index in [0.717, 1.165) is 45.4 Å². The van der Waals surface area contributed by atoms with Gasteiger partial charge in [-0.15, -0.1) is 11.3 Å². The summed E-state index contributed by atoms with van der Waals surface area (Å²) in [6.07, 6.45) is 7.52. The third-order valence-corrected chi connectivity index (χ3v) is 7.05. The second-order valence-electron chi connectivity index (χ2n) is 8.55. The molecule has 0 radical (unpaired) electrons. The van der Waals surface area contributed by atoms with Crippen LogP contribution in [0.15, 0.2) is 70.1 Å². The van der Waals surface area contributed by atoms with Crippen LogP contribution >= 0.6 is 11.3 Å². The van der Waals surface area contributed by atoms with E-state index >= 15 is 0 Å². The average Bonchev–Trinajstić information content (AvgIpc) is 3.25. The Morgan fingerprint density at radius 3 is 2.56 bits per heavy atom. The third-order valence-electron chi connectivity index (χ3n) is 6.22. The average molecular weight is 474 g/mol. The van der Waals surface area contributed by atoms with Gasteiger partial charge in [-0.25, -0.2) is 4.68 Å². The molecule has 174 valence electrons. The molecule has 0 amide bonds. The van der Waals surface area contributed by atoms with Crippen LogP contribution in [-0.2, 0) is 0 Å². The molecule has 1 aromatic heterocycles. The van der Waals surface area contributed by atoms with Gasteiger partial charge in [0.05, 0.1) is 25.1 Å². The normalized spacial score (nSPS) is 15.4. The van der Waals surface area contributed by atoms with Gasteiger partial charge in [-0.2, -0.15) is 5.10 Å². The summed E-state index contributed by atoms with van der Waals surface area (Å²) in [7, 11) is 1.67. The topological polar surface area (TPSA) is 79.3 Å². The Kier molecular flexibility index (Phi) is 6.36. The van der Waals surface area contributed by atoms with Gasteiger partial charge in [0.2, 0.25) is 4.80 Å². The summed E-state index contributed by atoms with van der Waals surface area (Å²) in [5, 5.41) is 28.8. The maximum atomic E-state index is 10.2. The fourth-order valence-corrected chi connectivity index (χ4v) is 5.24. The summed E-state index contributed by atoms with van der Waals surface area (Å²) >= 11 is 1.58. The number of thiazole rings is 1. The van der Waals surface area contributed by atoms with Crippen molar-refractivity contribution in [2.45, 2.75) is 38.1 Å². The van der Waals surface area contributed by atoms with E-state index in [9.17, 15) is 10.2 Å². The number of aromatic nitrogens is 1. The third kappa shape index (κ3) is 4.70. The SMILES string of the molecule is COc1ccc2cc(-c3csc(=NC4CCCCC4)n3N=Cc3ccc(O)cc3O)ccc2c1. The zero-order chi connectivity index (χ0) is 23.5. The zero-order valence-electron chi connectivity index (χ0n) is 19.0. The highest BCUT2D eigenvalue weighted by Crippen LogP contribution is 2.28. The number of nitrogens with zero attached hydrogens (tertiary/aromatic N) is 3. The van der Waals surface area contributed by atoms with Crippen LogP contribution in [0.1, 0.15) is 37.7 Å². The highest BCUT2D eigenvalue weighted by molar-refractivity contribution is 7.07. The molecule has 6 nitrogen and oxygen atoms in total. The lowest BCUT2D eigenvalue weighted by molar-refractivity contribution is 0.415. The minimum absolute atomic E-state index is 0.0132. The summed E-state index contributed by atoms with van der Waals surface area (Å²) in [5.74, 6) is 0.823. The molecule has 1 heterocycles. The Balaban J connectivity index is 1.60. The van der Waals surface area contributed by atoms with Crippen LogP contribution < -0.4 is 9.54 Å². The van der Waals surface area contributed by atoms with Crippen molar-refractivity contribution in [3.05, 3.63) is 70.3 Å². The Bertz CT molecular complexity index is 1410. The van der Waals surface area contributed by atoms with Crippen molar-refractivity contribution < 1.29 is 14.9 Å². The monoisotopic (exact) mass is 473 g/mol. The molecule has 1 saturated carbocycles. The van der Waals surface area contributed by atoms with Crippen molar-refractivity contribution in [2.24, 2.45) is 10.1 Å². The Morgan fingerprint density at radius 1 is 0.971 bits per heavy atom. The fraction of sp³-hybridized carbons (Fsp3) is 0.259. The Morgan fingerprint density at radius 2 is 1.76 bits per heavy atom. The van der Waals surface area contributed by atoms with Crippen LogP contribution in [0.3, 0.4) is 0 Å². The first-order chi connectivity index (χ1) is 16.6. The Hall–Kier alpha value is -3.58. The van der Waals surface area contributed by atoms with Crippen LogP contribution in [0, 0.1) is 0 Å². The lowest BCUT2D eigenvalue weighted by Crippen LogP contribution is -2.19. The maximum absolute atomic E-state index is 10.2. The summed E-state index contributed by atoms with van der Waals surface area (Å²) in [6, 6.07) is 17.2. The molecule has 1 aliphatic rings. The number of rotatable bonds is 5. The number of methoxy groups -OCH3 is 1. The molecule has 3 aromatic carbocycles. The molecule has 4 aromatic rings. The van der Waals surface area contributed by atoms with Gasteiger partial charge in [0, 0.05) is 22.6 Å². The van der Waals surface area contributed by atoms with Crippen molar-refractivity contribution in [1.82, 2.24) is 4.68 Å². The number of hydrogen-bond acceptors (Lipinski definition) is 6. The molecule has 0 saturated heterocycles. The first-order valence-electron chi connectivity index (χ1n) is 11.5. The second kappa shape index (κ2) is 9.73. The van der Waals surface area contributed by atoms with Crippen LogP contribution in [0.5, 0.6) is 17.2 Å². The van der Waals surface area contributed by atoms with Gasteiger partial charge in [-0.05, 0) is 53.9 Å². The zero-order valence-corrected chi connectivity index (χ0v) is 19.8. The van der Waals surface area contributed by atoms with Gasteiger partial charge in [-0.3, -0.25) is 4.99 Å². The first-order valence-corrected chi connectivity index (χ1v) is 12.4. The number of hydrogen-bond donors (Lipinski definition) is 2. The van der Waals surface area contributed by atoms with E-state index in [0.29, 0.717) is 11.6 Å². The largest absolute Gasteiger partial charge is 0.508 e. The first kappa shape index (κ1) is 22.2. The smallest absolute Gasteiger partial charge is 0.206 e. The van der Waals surface area contributed by atoms with Crippen LogP contribution in [-0.4, -0.2) is 34.3 Å². The highest BCUT2D eigenvalue weighted by Gasteiger charge is 2.14. The molecule has 34 heavy (non-hydrogen) atoms. The van der Waals surface area contributed by atoms with Crippen molar-refractivity contribution in [1.29, 1.82) is 0 Å². The number of aromatic hydroxyl groups is 2. The van der Waals surface area contributed by atoms with Gasteiger partial charge < -0.3 is 14.9 Å². The number of phenols is 2. The number of ether oxygens (including phenoxy) is 1. The predicted molar refractivity (Wildman–Crippen MR) is 137 cm³/mol. The molecule has 1 fully saturated rings. The molecule has 0 unspecified atom stereocenters. The number of phenolic OH excluding ortho intramolecular Hbond substituents is 2. The molecule has 0 atom stereocenters. The van der Waals surface area contributed by atoms with Crippen molar-refractivity contribution in [3.63, 3.8) is 0 Å². The highest BCUT2D eigenvalue weighted by atomic mass is 32.1. The predicted octanol–water partition coefficient (Wildman–Crippen LogP) is 5.91. The van der Waals surface area contributed by atoms with E-state index in [1.165, 1.54) is 31.4 Å². The maximum Gasteiger partial charge on any atom is 0.206 e. The molecule has 1 aliphatic carbocycles. The van der Waals surface area contributed by atoms with E-state index in [2.05, 4.69) is 29.6 Å². The molecule has 5 rings (SSSR count). The van der Waals surface area contributed by atoms with Gasteiger partial charge in [-0.1, -0.05) is 37.5 Å². The van der Waals surface area contributed by atoms with E-state index in [4.69, 9.17) is 14.8 Å². The molecule has 2 N–H and O–H groups in total. The lowest BCUT2D eigenvalue weighted by Gasteiger charge is -2.16. The summed E-state index contributed by atoms with van der Waals surface area (Å²) in [6.45, 7) is 0. The Labute approximate surface area is 202 Å². The minimum Gasteiger partial charge on any atom is -0.508 e. The second-order valence-corrected chi connectivity index (χ2v) is 9.39. The van der Waals surface area contributed by atoms with E-state index in [-0.39, 0.29) is 11.5 Å². The van der Waals surface area contributed by atoms with Gasteiger partial charge in [0.1, 0.15) is 17.2 Å². The van der Waals surface area contributed by atoms with E-state index in [1.54, 1.807) is 30.7 Å². The van der Waals surface area contributed by atoms with Gasteiger partial charge in [0.25, 0.3) is 0 Å². The molecule has 0 spiro atoms. The quantitative estimate of drug-likeness (QED) is 0.354. The van der Waals surface area contributed by atoms with Crippen molar-refractivity contribution >= 4 is 28.3 Å². The molecular formula is C27H27N3O3S. The number of fused-ring (bicyclic) bond motifs is 1. The van der Waals surface area contributed by atoms with Crippen LogP contribution in [0.4, 0.5) is 0 Å². The fourth-order valence-electron chi connectivity index (χ4n) is 4.34. The summed E-state index contributed by atoms with van der Waals surface area (Å²) < 4.78 is 7.21. The molecule has 0 aliphatic heterocycles. The summed E-state index contributed by atoms with van der Waals surface area (Å²) in [5.41, 5.74) is 2.49. The summed E-state index contributed by atoms with van der Waals surface area (Å²) in [4.78, 5) is 5.89. The minimum atomic E-state index is -0.0217. The molecular weight excluding hydrogens is 446 g/mol. The molecule has 7 heteroatoms. The van der Waals surface area contributed by atoms with E-state index in [1.807, 2.05) is 16.8 Å². The lowest BCUT2D eigenvalue weighted by atomic mass is 9.96. The van der Waals surface area contributed by atoms with Gasteiger partial charge >= 0.3 is 0 Å².